The number of halogens is 3. The molecule has 1 fully saturated rings. The molecule has 3 atom stereocenters. The van der Waals surface area contributed by atoms with Crippen molar-refractivity contribution in [2.75, 3.05) is 0 Å². The first-order chi connectivity index (χ1) is 12.9. The molecule has 6 nitrogen and oxygen atoms in total. The first-order valence-corrected chi connectivity index (χ1v) is 8.51. The summed E-state index contributed by atoms with van der Waals surface area (Å²) in [6.45, 7) is 11.4. The summed E-state index contributed by atoms with van der Waals surface area (Å²) < 4.78 is 47.4. The number of hydrogen-bond donors (Lipinski definition) is 3. The van der Waals surface area contributed by atoms with Crippen molar-refractivity contribution in [1.29, 1.82) is 0 Å². The predicted octanol–water partition coefficient (Wildman–Crippen LogP) is 3.99. The van der Waals surface area contributed by atoms with Crippen molar-refractivity contribution in [2.24, 2.45) is 0 Å². The maximum absolute atomic E-state index is 13.5. The number of nitrogens with zero attached hydrogens (tertiary/aromatic N) is 2. The van der Waals surface area contributed by atoms with E-state index in [4.69, 9.17) is 11.3 Å². The minimum atomic E-state index is -4.78. The number of ether oxygens (including phenoxy) is 1. The summed E-state index contributed by atoms with van der Waals surface area (Å²) in [5.74, 6) is -0.943. The van der Waals surface area contributed by atoms with Gasteiger partial charge in [0.05, 0.1) is 40.7 Å². The van der Waals surface area contributed by atoms with Gasteiger partial charge in [-0.05, 0) is 32.4 Å². The second kappa shape index (κ2) is 5.21. The highest BCUT2D eigenvalue weighted by Gasteiger charge is 2.64. The lowest BCUT2D eigenvalue weighted by molar-refractivity contribution is -0.137. The van der Waals surface area contributed by atoms with Crippen LogP contribution in [0, 0.1) is 13.5 Å². The van der Waals surface area contributed by atoms with Crippen LogP contribution in [0.15, 0.2) is 12.1 Å². The van der Waals surface area contributed by atoms with Crippen LogP contribution in [0.3, 0.4) is 0 Å². The quantitative estimate of drug-likeness (QED) is 0.639. The highest BCUT2D eigenvalue weighted by molar-refractivity contribution is 5.67. The van der Waals surface area contributed by atoms with Crippen LogP contribution in [0.1, 0.15) is 42.5 Å². The first-order valence-electron chi connectivity index (χ1n) is 8.51. The van der Waals surface area contributed by atoms with Crippen molar-refractivity contribution >= 4 is 5.69 Å². The number of aliphatic hydroxyl groups excluding tert-OH is 1. The molecule has 1 aromatic heterocycles. The van der Waals surface area contributed by atoms with Crippen LogP contribution in [0.2, 0.25) is 0 Å². The molecule has 0 spiro atoms. The predicted molar refractivity (Wildman–Crippen MR) is 91.5 cm³/mol. The van der Waals surface area contributed by atoms with Gasteiger partial charge in [0.25, 0.3) is 0 Å². The van der Waals surface area contributed by atoms with Crippen LogP contribution in [-0.4, -0.2) is 26.0 Å². The van der Waals surface area contributed by atoms with E-state index in [1.807, 2.05) is 0 Å². The van der Waals surface area contributed by atoms with Crippen molar-refractivity contribution in [1.82, 2.24) is 4.57 Å². The van der Waals surface area contributed by atoms with E-state index in [-0.39, 0.29) is 28.8 Å². The van der Waals surface area contributed by atoms with Crippen molar-refractivity contribution in [3.05, 3.63) is 45.8 Å². The maximum atomic E-state index is 13.5. The Morgan fingerprint density at radius 3 is 2.39 bits per heavy atom. The monoisotopic (exact) mass is 394 g/mol. The molecule has 2 aliphatic rings. The number of alkyl halides is 3. The van der Waals surface area contributed by atoms with Crippen molar-refractivity contribution in [3.8, 4) is 17.4 Å². The van der Waals surface area contributed by atoms with Crippen LogP contribution in [-0.2, 0) is 22.1 Å². The molecule has 0 saturated carbocycles. The zero-order valence-electron chi connectivity index (χ0n) is 15.2. The fraction of sp³-hybridized carbons (Fsp3) is 0.421. The lowest BCUT2D eigenvalue weighted by Crippen LogP contribution is -2.32. The highest BCUT2D eigenvalue weighted by Crippen LogP contribution is 2.64. The summed E-state index contributed by atoms with van der Waals surface area (Å²) in [6, 6.07) is 2.25. The zero-order valence-corrected chi connectivity index (χ0v) is 15.2. The van der Waals surface area contributed by atoms with Gasteiger partial charge in [0.2, 0.25) is 11.8 Å². The third-order valence-electron chi connectivity index (χ3n) is 5.86. The number of fused-ring (bicyclic) bond motifs is 5. The van der Waals surface area contributed by atoms with Crippen LogP contribution < -0.4 is 0 Å². The molecule has 2 unspecified atom stereocenters. The lowest BCUT2D eigenvalue weighted by Gasteiger charge is -2.25. The van der Waals surface area contributed by atoms with Crippen LogP contribution in [0.25, 0.3) is 10.5 Å². The Kier molecular flexibility index (Phi) is 3.47. The zero-order chi connectivity index (χ0) is 20.8. The number of aliphatic hydroxyl groups is 1. The second-order valence-corrected chi connectivity index (χ2v) is 7.61. The van der Waals surface area contributed by atoms with Gasteiger partial charge in [-0.1, -0.05) is 6.07 Å². The second-order valence-electron chi connectivity index (χ2n) is 7.61. The number of rotatable bonds is 1. The molecule has 3 N–H and O–H groups in total. The third kappa shape index (κ3) is 2.04. The normalized spacial score (nSPS) is 28.4. The fourth-order valence-electron chi connectivity index (χ4n) is 4.64. The van der Waals surface area contributed by atoms with Crippen molar-refractivity contribution in [3.63, 3.8) is 0 Å². The van der Waals surface area contributed by atoms with Gasteiger partial charge in [0.15, 0.2) is 5.69 Å². The third-order valence-corrected chi connectivity index (χ3v) is 5.86. The molecule has 2 aliphatic heterocycles. The molecule has 1 saturated heterocycles. The molecule has 1 aromatic carbocycles. The van der Waals surface area contributed by atoms with E-state index >= 15 is 0 Å². The van der Waals surface area contributed by atoms with Gasteiger partial charge in [0.1, 0.15) is 5.60 Å². The smallest absolute Gasteiger partial charge is 0.407 e. The number of hydrogen-bond acceptors (Lipinski definition) is 4. The minimum Gasteiger partial charge on any atom is -0.494 e. The van der Waals surface area contributed by atoms with Gasteiger partial charge in [-0.25, -0.2) is 4.85 Å². The van der Waals surface area contributed by atoms with E-state index in [0.29, 0.717) is 0 Å². The van der Waals surface area contributed by atoms with Gasteiger partial charge in [-0.15, -0.1) is 0 Å². The summed E-state index contributed by atoms with van der Waals surface area (Å²) in [5, 5.41) is 32.0. The van der Waals surface area contributed by atoms with Crippen molar-refractivity contribution in [2.45, 2.75) is 50.7 Å². The van der Waals surface area contributed by atoms with E-state index in [9.17, 15) is 28.5 Å². The van der Waals surface area contributed by atoms with Crippen LogP contribution in [0.4, 0.5) is 18.9 Å². The Balaban J connectivity index is 2.03. The van der Waals surface area contributed by atoms with Crippen LogP contribution in [0.5, 0.6) is 11.8 Å². The molecule has 0 radical (unpaired) electrons. The van der Waals surface area contributed by atoms with E-state index in [2.05, 4.69) is 4.85 Å². The SMILES string of the molecule is [C-]#[N+]c1ccc(-n2c(O)c3c(c2O)C2(C)OC3(C)C[C@@H]2O)c(C)c1C(F)(F)F. The fourth-order valence-corrected chi connectivity index (χ4v) is 4.64. The summed E-state index contributed by atoms with van der Waals surface area (Å²) in [6.07, 6.45) is -5.54. The van der Waals surface area contributed by atoms with E-state index < -0.39 is 46.5 Å². The number of aromatic hydroxyl groups is 2. The standard InChI is InChI=1S/C19H17F3N2O4/c1-8-10(6-5-9(23-4)12(8)19(20,21)22)24-15(26)13-14(16(24)27)18(3)11(25)7-17(13,2)28-18/h5-6,11,25-27H,7H2,1-3H3/t11-,17?,18?/m0/s1. The molecule has 2 aromatic rings. The Labute approximate surface area is 158 Å². The van der Waals surface area contributed by atoms with Crippen LogP contribution >= 0.6 is 0 Å². The molecule has 2 bridgehead atoms. The molecular formula is C19H17F3N2O4. The van der Waals surface area contributed by atoms with Gasteiger partial charge >= 0.3 is 6.18 Å². The number of aromatic nitrogens is 1. The Morgan fingerprint density at radius 2 is 1.82 bits per heavy atom. The molecule has 0 amide bonds. The number of benzene rings is 1. The summed E-state index contributed by atoms with van der Waals surface area (Å²) >= 11 is 0. The average molecular weight is 394 g/mol. The Bertz CT molecular complexity index is 1070. The molecule has 3 heterocycles. The average Bonchev–Trinajstić information content (AvgIpc) is 3.08. The lowest BCUT2D eigenvalue weighted by atomic mass is 9.78. The summed E-state index contributed by atoms with van der Waals surface area (Å²) in [7, 11) is 0. The molecule has 9 heteroatoms. The van der Waals surface area contributed by atoms with Gasteiger partial charge in [-0.2, -0.15) is 13.2 Å². The van der Waals surface area contributed by atoms with Gasteiger partial charge < -0.3 is 20.1 Å². The van der Waals surface area contributed by atoms with E-state index in [1.54, 1.807) is 13.8 Å². The van der Waals surface area contributed by atoms with Crippen molar-refractivity contribution < 1.29 is 33.2 Å². The minimum absolute atomic E-state index is 0.106. The maximum Gasteiger partial charge on any atom is 0.407 e. The molecule has 0 aliphatic carbocycles. The largest absolute Gasteiger partial charge is 0.494 e. The van der Waals surface area contributed by atoms with Gasteiger partial charge in [-0.3, -0.25) is 4.57 Å². The first kappa shape index (κ1) is 18.7. The summed E-state index contributed by atoms with van der Waals surface area (Å²) in [5.41, 5.74) is -4.04. The molecule has 4 rings (SSSR count). The highest BCUT2D eigenvalue weighted by atomic mass is 19.4. The van der Waals surface area contributed by atoms with E-state index in [0.717, 1.165) is 10.6 Å². The Hall–Kier alpha value is -2.70. The Morgan fingerprint density at radius 1 is 1.21 bits per heavy atom. The molecule has 28 heavy (non-hydrogen) atoms. The topological polar surface area (TPSA) is 79.2 Å². The molecular weight excluding hydrogens is 377 g/mol. The van der Waals surface area contributed by atoms with E-state index in [1.165, 1.54) is 13.0 Å². The summed E-state index contributed by atoms with van der Waals surface area (Å²) in [4.78, 5) is 2.94. The van der Waals surface area contributed by atoms with Gasteiger partial charge in [0, 0.05) is 6.42 Å². The molecule has 148 valence electrons.